The highest BCUT2D eigenvalue weighted by Gasteiger charge is 2.33. The number of hydrogen-bond acceptors (Lipinski definition) is 4. The first-order chi connectivity index (χ1) is 11.4. The standard InChI is InChI=1S/C18H32N4OS.HI/c1-6-19-17(20-10-16-8-7-9-24-16)21-13-18(4,5)22-11-14(2)23-15(3)12-22;/h7-9,14-15H,6,10-13H2,1-5H3,(H2,19,20,21);1H. The molecule has 0 aliphatic carbocycles. The van der Waals surface area contributed by atoms with E-state index in [2.05, 4.69) is 67.7 Å². The Labute approximate surface area is 173 Å². The van der Waals surface area contributed by atoms with Crippen molar-refractivity contribution in [3.05, 3.63) is 22.4 Å². The van der Waals surface area contributed by atoms with Gasteiger partial charge in [0.2, 0.25) is 0 Å². The zero-order valence-electron chi connectivity index (χ0n) is 16.0. The van der Waals surface area contributed by atoms with Gasteiger partial charge < -0.3 is 15.4 Å². The SMILES string of the molecule is CCNC(=NCc1cccs1)NCC(C)(C)N1CC(C)OC(C)C1.I. The third-order valence-corrected chi connectivity index (χ3v) is 5.14. The molecule has 25 heavy (non-hydrogen) atoms. The molecule has 0 amide bonds. The van der Waals surface area contributed by atoms with E-state index in [1.807, 2.05) is 0 Å². The van der Waals surface area contributed by atoms with Gasteiger partial charge in [0.15, 0.2) is 5.96 Å². The molecule has 0 bridgehead atoms. The van der Waals surface area contributed by atoms with Crippen LogP contribution in [0.3, 0.4) is 0 Å². The Balaban J connectivity index is 0.00000312. The van der Waals surface area contributed by atoms with Gasteiger partial charge in [-0.15, -0.1) is 35.3 Å². The molecule has 2 heterocycles. The fourth-order valence-corrected chi connectivity index (χ4v) is 3.61. The van der Waals surface area contributed by atoms with Gasteiger partial charge in [-0.05, 0) is 46.1 Å². The predicted molar refractivity (Wildman–Crippen MR) is 118 cm³/mol. The summed E-state index contributed by atoms with van der Waals surface area (Å²) in [6, 6.07) is 4.19. The van der Waals surface area contributed by atoms with Crippen molar-refractivity contribution in [3.8, 4) is 0 Å². The molecule has 1 fully saturated rings. The molecule has 0 spiro atoms. The smallest absolute Gasteiger partial charge is 0.191 e. The monoisotopic (exact) mass is 480 g/mol. The highest BCUT2D eigenvalue weighted by atomic mass is 127. The Morgan fingerprint density at radius 2 is 2.00 bits per heavy atom. The van der Waals surface area contributed by atoms with Crippen LogP contribution in [0.5, 0.6) is 0 Å². The summed E-state index contributed by atoms with van der Waals surface area (Å²) in [6.07, 6.45) is 0.572. The van der Waals surface area contributed by atoms with Gasteiger partial charge in [0.1, 0.15) is 0 Å². The van der Waals surface area contributed by atoms with Crippen molar-refractivity contribution in [2.45, 2.75) is 58.9 Å². The molecule has 1 saturated heterocycles. The first kappa shape index (κ1) is 22.7. The van der Waals surface area contributed by atoms with Crippen LogP contribution in [-0.4, -0.2) is 54.8 Å². The highest BCUT2D eigenvalue weighted by Crippen LogP contribution is 2.20. The lowest BCUT2D eigenvalue weighted by atomic mass is 10.00. The number of nitrogens with zero attached hydrogens (tertiary/aromatic N) is 2. The second kappa shape index (κ2) is 10.7. The molecule has 1 aromatic heterocycles. The predicted octanol–water partition coefficient (Wildman–Crippen LogP) is 3.31. The summed E-state index contributed by atoms with van der Waals surface area (Å²) in [7, 11) is 0. The maximum Gasteiger partial charge on any atom is 0.191 e. The lowest BCUT2D eigenvalue weighted by molar-refractivity contribution is -0.0946. The van der Waals surface area contributed by atoms with Gasteiger partial charge in [0.25, 0.3) is 0 Å². The molecule has 2 atom stereocenters. The first-order valence-electron chi connectivity index (χ1n) is 8.85. The second-order valence-electron chi connectivity index (χ2n) is 7.10. The average Bonchev–Trinajstić information content (AvgIpc) is 3.02. The number of ether oxygens (including phenoxy) is 1. The van der Waals surface area contributed by atoms with E-state index in [0.29, 0.717) is 0 Å². The van der Waals surface area contributed by atoms with Crippen LogP contribution in [0.25, 0.3) is 0 Å². The van der Waals surface area contributed by atoms with E-state index in [9.17, 15) is 0 Å². The third-order valence-electron chi connectivity index (χ3n) is 4.28. The Hall–Kier alpha value is -0.380. The van der Waals surface area contributed by atoms with Gasteiger partial charge in [-0.2, -0.15) is 0 Å². The average molecular weight is 480 g/mol. The van der Waals surface area contributed by atoms with Crippen molar-refractivity contribution in [2.75, 3.05) is 26.2 Å². The summed E-state index contributed by atoms with van der Waals surface area (Å²) < 4.78 is 5.86. The fourth-order valence-electron chi connectivity index (χ4n) is 2.99. The summed E-state index contributed by atoms with van der Waals surface area (Å²) >= 11 is 1.75. The van der Waals surface area contributed by atoms with E-state index in [4.69, 9.17) is 9.73 Å². The number of aliphatic imine (C=N–C) groups is 1. The molecule has 2 N–H and O–H groups in total. The molecule has 1 aliphatic heterocycles. The van der Waals surface area contributed by atoms with E-state index in [1.54, 1.807) is 11.3 Å². The zero-order valence-corrected chi connectivity index (χ0v) is 19.2. The topological polar surface area (TPSA) is 48.9 Å². The molecule has 5 nitrogen and oxygen atoms in total. The summed E-state index contributed by atoms with van der Waals surface area (Å²) in [5, 5.41) is 8.94. The molecule has 0 aromatic carbocycles. The zero-order chi connectivity index (χ0) is 17.6. The summed E-state index contributed by atoms with van der Waals surface area (Å²) in [5.41, 5.74) is 0.0470. The normalized spacial score (nSPS) is 22.4. The molecular weight excluding hydrogens is 447 g/mol. The number of halogens is 1. The van der Waals surface area contributed by atoms with Gasteiger partial charge in [0.05, 0.1) is 18.8 Å². The molecule has 0 saturated carbocycles. The molecular formula is C18H33IN4OS. The highest BCUT2D eigenvalue weighted by molar-refractivity contribution is 14.0. The van der Waals surface area contributed by atoms with Gasteiger partial charge in [-0.25, -0.2) is 4.99 Å². The Kier molecular flexibility index (Phi) is 9.69. The number of nitrogens with one attached hydrogen (secondary N) is 2. The largest absolute Gasteiger partial charge is 0.373 e. The van der Waals surface area contributed by atoms with Crippen LogP contribution in [-0.2, 0) is 11.3 Å². The molecule has 2 rings (SSSR count). The molecule has 0 radical (unpaired) electrons. The maximum atomic E-state index is 5.86. The van der Waals surface area contributed by atoms with Crippen LogP contribution in [0.4, 0.5) is 0 Å². The third kappa shape index (κ3) is 7.40. The maximum absolute atomic E-state index is 5.86. The number of rotatable bonds is 6. The summed E-state index contributed by atoms with van der Waals surface area (Å²) in [5.74, 6) is 0.883. The van der Waals surface area contributed by atoms with E-state index in [-0.39, 0.29) is 41.7 Å². The van der Waals surface area contributed by atoms with Crippen LogP contribution in [0.2, 0.25) is 0 Å². The minimum Gasteiger partial charge on any atom is -0.373 e. The van der Waals surface area contributed by atoms with Crippen molar-refractivity contribution in [1.82, 2.24) is 15.5 Å². The van der Waals surface area contributed by atoms with Gasteiger partial charge in [0, 0.05) is 36.6 Å². The number of thiophene rings is 1. The van der Waals surface area contributed by atoms with Crippen molar-refractivity contribution in [3.63, 3.8) is 0 Å². The Morgan fingerprint density at radius 3 is 2.56 bits per heavy atom. The first-order valence-corrected chi connectivity index (χ1v) is 9.73. The van der Waals surface area contributed by atoms with Crippen LogP contribution in [0.15, 0.2) is 22.5 Å². The quantitative estimate of drug-likeness (QED) is 0.373. The Morgan fingerprint density at radius 1 is 1.32 bits per heavy atom. The van der Waals surface area contributed by atoms with Gasteiger partial charge >= 0.3 is 0 Å². The molecule has 2 unspecified atom stereocenters. The molecule has 144 valence electrons. The molecule has 1 aromatic rings. The minimum atomic E-state index is 0. The summed E-state index contributed by atoms with van der Waals surface area (Å²) in [4.78, 5) is 8.49. The van der Waals surface area contributed by atoms with Crippen LogP contribution in [0, 0.1) is 0 Å². The van der Waals surface area contributed by atoms with E-state index in [1.165, 1.54) is 4.88 Å². The van der Waals surface area contributed by atoms with E-state index < -0.39 is 0 Å². The number of hydrogen-bond donors (Lipinski definition) is 2. The molecule has 7 heteroatoms. The van der Waals surface area contributed by atoms with E-state index >= 15 is 0 Å². The number of morpholine rings is 1. The molecule has 1 aliphatic rings. The van der Waals surface area contributed by atoms with Crippen LogP contribution in [0.1, 0.15) is 39.5 Å². The van der Waals surface area contributed by atoms with Crippen LogP contribution < -0.4 is 10.6 Å². The minimum absolute atomic E-state index is 0. The lowest BCUT2D eigenvalue weighted by Crippen LogP contribution is -2.59. The van der Waals surface area contributed by atoms with Crippen molar-refractivity contribution < 1.29 is 4.74 Å². The second-order valence-corrected chi connectivity index (χ2v) is 8.14. The van der Waals surface area contributed by atoms with Crippen molar-refractivity contribution >= 4 is 41.3 Å². The fraction of sp³-hybridized carbons (Fsp3) is 0.722. The van der Waals surface area contributed by atoms with Crippen LogP contribution >= 0.6 is 35.3 Å². The summed E-state index contributed by atoms with van der Waals surface area (Å²) in [6.45, 7) is 15.4. The number of guanidine groups is 1. The van der Waals surface area contributed by atoms with Gasteiger partial charge in [-0.1, -0.05) is 6.07 Å². The van der Waals surface area contributed by atoms with Gasteiger partial charge in [-0.3, -0.25) is 4.90 Å². The van der Waals surface area contributed by atoms with E-state index in [0.717, 1.165) is 38.7 Å². The lowest BCUT2D eigenvalue weighted by Gasteiger charge is -2.45. The Bertz CT molecular complexity index is 511. The van der Waals surface area contributed by atoms with Crippen molar-refractivity contribution in [2.24, 2.45) is 4.99 Å². The van der Waals surface area contributed by atoms with Crippen molar-refractivity contribution in [1.29, 1.82) is 0 Å².